The van der Waals surface area contributed by atoms with E-state index in [-0.39, 0.29) is 0 Å². The number of nitrogens with one attached hydrogen (secondary N) is 2. The van der Waals surface area contributed by atoms with E-state index in [1.807, 2.05) is 12.1 Å². The van der Waals surface area contributed by atoms with E-state index in [1.54, 1.807) is 13.3 Å². The Kier molecular flexibility index (Phi) is 5.11. The number of anilines is 1. The highest BCUT2D eigenvalue weighted by Crippen LogP contribution is 2.15. The second kappa shape index (κ2) is 7.06. The van der Waals surface area contributed by atoms with Gasteiger partial charge >= 0.3 is 0 Å². The summed E-state index contributed by atoms with van der Waals surface area (Å²) in [6.07, 6.45) is 1.74. The van der Waals surface area contributed by atoms with Gasteiger partial charge in [0.25, 0.3) is 0 Å². The summed E-state index contributed by atoms with van der Waals surface area (Å²) in [6.45, 7) is 3.50. The van der Waals surface area contributed by atoms with E-state index in [2.05, 4.69) is 32.9 Å². The molecule has 1 aromatic rings. The third-order valence-electron chi connectivity index (χ3n) is 2.88. The topological polar surface area (TPSA) is 48.9 Å². The van der Waals surface area contributed by atoms with Crippen molar-refractivity contribution in [3.8, 4) is 0 Å². The van der Waals surface area contributed by atoms with Crippen LogP contribution in [0.25, 0.3) is 0 Å². The molecule has 0 unspecified atom stereocenters. The Bertz CT molecular complexity index is 440. The Morgan fingerprint density at radius 1 is 1.32 bits per heavy atom. The average molecular weight is 278 g/mol. The number of hydrazone groups is 1. The van der Waals surface area contributed by atoms with Gasteiger partial charge in [0.1, 0.15) is 0 Å². The third-order valence-corrected chi connectivity index (χ3v) is 3.17. The van der Waals surface area contributed by atoms with Gasteiger partial charge in [0.15, 0.2) is 5.11 Å². The summed E-state index contributed by atoms with van der Waals surface area (Å²) in [5, 5.41) is 7.33. The van der Waals surface area contributed by atoms with Crippen LogP contribution in [0.4, 0.5) is 5.69 Å². The number of hydrogen-bond donors (Lipinski definition) is 2. The minimum absolute atomic E-state index is 0.501. The van der Waals surface area contributed by atoms with Gasteiger partial charge in [0.2, 0.25) is 0 Å². The maximum atomic E-state index is 5.34. The van der Waals surface area contributed by atoms with E-state index in [0.29, 0.717) is 5.11 Å². The first kappa shape index (κ1) is 13.8. The molecule has 0 bridgehead atoms. The lowest BCUT2D eigenvalue weighted by Gasteiger charge is -2.28. The van der Waals surface area contributed by atoms with Gasteiger partial charge in [-0.2, -0.15) is 5.10 Å². The van der Waals surface area contributed by atoms with Gasteiger partial charge in [-0.1, -0.05) is 12.1 Å². The van der Waals surface area contributed by atoms with Gasteiger partial charge < -0.3 is 15.0 Å². The normalized spacial score (nSPS) is 15.5. The van der Waals surface area contributed by atoms with E-state index in [1.165, 1.54) is 5.69 Å². The lowest BCUT2D eigenvalue weighted by Crippen LogP contribution is -2.36. The number of ether oxygens (including phenoxy) is 1. The molecule has 1 fully saturated rings. The molecule has 2 N–H and O–H groups in total. The predicted molar refractivity (Wildman–Crippen MR) is 81.9 cm³/mol. The first-order chi connectivity index (χ1) is 9.29. The van der Waals surface area contributed by atoms with Crippen molar-refractivity contribution in [3.63, 3.8) is 0 Å². The molecule has 19 heavy (non-hydrogen) atoms. The number of rotatable bonds is 3. The Morgan fingerprint density at radius 2 is 2.00 bits per heavy atom. The van der Waals surface area contributed by atoms with Crippen LogP contribution in [0.1, 0.15) is 5.56 Å². The van der Waals surface area contributed by atoms with Gasteiger partial charge in [0, 0.05) is 25.8 Å². The first-order valence-electron chi connectivity index (χ1n) is 6.23. The molecular weight excluding hydrogens is 260 g/mol. The maximum Gasteiger partial charge on any atom is 0.186 e. The SMILES string of the molecule is CNC(=S)N/N=C\c1ccc(N2CCOCC2)cc1. The molecule has 1 aliphatic rings. The predicted octanol–water partition coefficient (Wildman–Crippen LogP) is 0.951. The van der Waals surface area contributed by atoms with Crippen LogP contribution in [0.2, 0.25) is 0 Å². The van der Waals surface area contributed by atoms with Crippen LogP contribution >= 0.6 is 12.2 Å². The number of benzene rings is 1. The smallest absolute Gasteiger partial charge is 0.186 e. The Balaban J connectivity index is 1.92. The van der Waals surface area contributed by atoms with Crippen molar-refractivity contribution < 1.29 is 4.74 Å². The minimum Gasteiger partial charge on any atom is -0.378 e. The summed E-state index contributed by atoms with van der Waals surface area (Å²) >= 11 is 4.92. The summed E-state index contributed by atoms with van der Waals surface area (Å²) in [5.41, 5.74) is 4.97. The highest BCUT2D eigenvalue weighted by atomic mass is 32.1. The van der Waals surface area contributed by atoms with E-state index in [4.69, 9.17) is 17.0 Å². The fraction of sp³-hybridized carbons (Fsp3) is 0.385. The molecule has 2 rings (SSSR count). The highest BCUT2D eigenvalue weighted by molar-refractivity contribution is 7.80. The summed E-state index contributed by atoms with van der Waals surface area (Å²) in [5.74, 6) is 0. The molecule has 1 aromatic carbocycles. The number of hydrogen-bond acceptors (Lipinski definition) is 4. The molecule has 1 heterocycles. The van der Waals surface area contributed by atoms with Crippen LogP contribution in [0, 0.1) is 0 Å². The fourth-order valence-electron chi connectivity index (χ4n) is 1.81. The molecular formula is C13H18N4OS. The van der Waals surface area contributed by atoms with Gasteiger partial charge in [0.05, 0.1) is 19.4 Å². The Morgan fingerprint density at radius 3 is 2.63 bits per heavy atom. The maximum absolute atomic E-state index is 5.34. The molecule has 1 saturated heterocycles. The fourth-order valence-corrected chi connectivity index (χ4v) is 1.87. The van der Waals surface area contributed by atoms with E-state index in [9.17, 15) is 0 Å². The molecule has 6 heteroatoms. The molecule has 5 nitrogen and oxygen atoms in total. The van der Waals surface area contributed by atoms with Crippen molar-refractivity contribution in [2.24, 2.45) is 5.10 Å². The zero-order valence-electron chi connectivity index (χ0n) is 10.9. The quantitative estimate of drug-likeness (QED) is 0.490. The Labute approximate surface area is 118 Å². The lowest BCUT2D eigenvalue weighted by atomic mass is 10.2. The Hall–Kier alpha value is -1.66. The summed E-state index contributed by atoms with van der Waals surface area (Å²) in [7, 11) is 1.75. The second-order valence-corrected chi connectivity index (χ2v) is 4.55. The molecule has 1 aliphatic heterocycles. The van der Waals surface area contributed by atoms with Crippen LogP contribution in [-0.2, 0) is 4.74 Å². The number of nitrogens with zero attached hydrogens (tertiary/aromatic N) is 2. The zero-order chi connectivity index (χ0) is 13.5. The molecule has 0 atom stereocenters. The van der Waals surface area contributed by atoms with Gasteiger partial charge in [-0.15, -0.1) is 0 Å². The van der Waals surface area contributed by atoms with E-state index >= 15 is 0 Å². The van der Waals surface area contributed by atoms with Crippen molar-refractivity contribution >= 4 is 29.2 Å². The van der Waals surface area contributed by atoms with E-state index < -0.39 is 0 Å². The van der Waals surface area contributed by atoms with E-state index in [0.717, 1.165) is 31.9 Å². The first-order valence-corrected chi connectivity index (χ1v) is 6.64. The average Bonchev–Trinajstić information content (AvgIpc) is 2.48. The lowest BCUT2D eigenvalue weighted by molar-refractivity contribution is 0.122. The van der Waals surface area contributed by atoms with Crippen LogP contribution in [0.15, 0.2) is 29.4 Å². The van der Waals surface area contributed by atoms with Gasteiger partial charge in [-0.3, -0.25) is 5.43 Å². The monoisotopic (exact) mass is 278 g/mol. The number of thiocarbonyl (C=S) groups is 1. The van der Waals surface area contributed by atoms with Crippen molar-refractivity contribution in [1.29, 1.82) is 0 Å². The highest BCUT2D eigenvalue weighted by Gasteiger charge is 2.10. The van der Waals surface area contributed by atoms with Crippen molar-refractivity contribution in [2.45, 2.75) is 0 Å². The van der Waals surface area contributed by atoms with Crippen LogP contribution < -0.4 is 15.6 Å². The number of morpholine rings is 1. The second-order valence-electron chi connectivity index (χ2n) is 4.14. The molecule has 0 saturated carbocycles. The van der Waals surface area contributed by atoms with Crippen molar-refractivity contribution in [1.82, 2.24) is 10.7 Å². The standard InChI is InChI=1S/C13H18N4OS/c1-14-13(19)16-15-10-11-2-4-12(5-3-11)17-6-8-18-9-7-17/h2-5,10H,6-9H2,1H3,(H2,14,16,19)/b15-10-. The van der Waals surface area contributed by atoms with Gasteiger partial charge in [-0.25, -0.2) is 0 Å². The molecule has 0 radical (unpaired) electrons. The van der Waals surface area contributed by atoms with Crippen LogP contribution in [-0.4, -0.2) is 44.7 Å². The van der Waals surface area contributed by atoms with Crippen molar-refractivity contribution in [3.05, 3.63) is 29.8 Å². The zero-order valence-corrected chi connectivity index (χ0v) is 11.7. The molecule has 102 valence electrons. The minimum atomic E-state index is 0.501. The van der Waals surface area contributed by atoms with Gasteiger partial charge in [-0.05, 0) is 29.9 Å². The third kappa shape index (κ3) is 4.18. The summed E-state index contributed by atoms with van der Waals surface area (Å²) < 4.78 is 5.34. The molecule has 0 spiro atoms. The largest absolute Gasteiger partial charge is 0.378 e. The summed E-state index contributed by atoms with van der Waals surface area (Å²) in [4.78, 5) is 2.32. The van der Waals surface area contributed by atoms with Crippen LogP contribution in [0.3, 0.4) is 0 Å². The molecule has 0 amide bonds. The molecule has 0 aromatic heterocycles. The van der Waals surface area contributed by atoms with Crippen molar-refractivity contribution in [2.75, 3.05) is 38.3 Å². The molecule has 0 aliphatic carbocycles. The van der Waals surface area contributed by atoms with Crippen LogP contribution in [0.5, 0.6) is 0 Å². The summed E-state index contributed by atoms with van der Waals surface area (Å²) in [6, 6.07) is 8.28.